The first-order valence-electron chi connectivity index (χ1n) is 8.48. The van der Waals surface area contributed by atoms with Crippen LogP contribution in [0.1, 0.15) is 24.0 Å². The highest BCUT2D eigenvalue weighted by Crippen LogP contribution is 2.50. The molecule has 0 bridgehead atoms. The lowest BCUT2D eigenvalue weighted by Gasteiger charge is -2.18. The Morgan fingerprint density at radius 2 is 1.92 bits per heavy atom. The molecule has 2 aromatic rings. The van der Waals surface area contributed by atoms with Crippen LogP contribution in [-0.2, 0) is 26.7 Å². The molecule has 1 saturated carbocycles. The summed E-state index contributed by atoms with van der Waals surface area (Å²) < 4.78 is 39.1. The highest BCUT2D eigenvalue weighted by molar-refractivity contribution is 7.92. The highest BCUT2D eigenvalue weighted by atomic mass is 32.2. The lowest BCUT2D eigenvalue weighted by molar-refractivity contribution is -0.118. The van der Waals surface area contributed by atoms with Gasteiger partial charge in [-0.2, -0.15) is 0 Å². The van der Waals surface area contributed by atoms with E-state index in [9.17, 15) is 17.6 Å². The van der Waals surface area contributed by atoms with Gasteiger partial charge in [-0.1, -0.05) is 18.2 Å². The zero-order valence-corrected chi connectivity index (χ0v) is 15.1. The van der Waals surface area contributed by atoms with Crippen molar-refractivity contribution in [2.24, 2.45) is 0 Å². The van der Waals surface area contributed by atoms with Gasteiger partial charge in [-0.15, -0.1) is 0 Å². The SMILES string of the molecule is CS(=O)(=O)N1CCc2cc(NC(=O)C3(c4ccccc4F)CC3)ccc21. The van der Waals surface area contributed by atoms with Crippen molar-refractivity contribution in [2.75, 3.05) is 22.4 Å². The summed E-state index contributed by atoms with van der Waals surface area (Å²) >= 11 is 0. The fourth-order valence-electron chi connectivity index (χ4n) is 3.64. The second-order valence-electron chi connectivity index (χ2n) is 6.94. The van der Waals surface area contributed by atoms with Crippen LogP contribution in [0.3, 0.4) is 0 Å². The Kier molecular flexibility index (Phi) is 3.80. The normalized spacial score (nSPS) is 17.7. The van der Waals surface area contributed by atoms with E-state index >= 15 is 0 Å². The van der Waals surface area contributed by atoms with Gasteiger partial charge in [0.1, 0.15) is 5.82 Å². The van der Waals surface area contributed by atoms with E-state index in [1.165, 1.54) is 16.6 Å². The molecule has 1 amide bonds. The van der Waals surface area contributed by atoms with Gasteiger partial charge in [-0.25, -0.2) is 12.8 Å². The molecule has 7 heteroatoms. The molecular formula is C19H19FN2O3S. The predicted octanol–water partition coefficient (Wildman–Crippen LogP) is 2.82. The van der Waals surface area contributed by atoms with Crippen molar-refractivity contribution < 1.29 is 17.6 Å². The van der Waals surface area contributed by atoms with Crippen molar-refractivity contribution in [3.05, 3.63) is 59.4 Å². The maximum Gasteiger partial charge on any atom is 0.235 e. The van der Waals surface area contributed by atoms with Gasteiger partial charge in [0, 0.05) is 17.8 Å². The molecule has 0 atom stereocenters. The van der Waals surface area contributed by atoms with Gasteiger partial charge < -0.3 is 5.32 Å². The molecule has 0 aromatic heterocycles. The molecule has 0 saturated heterocycles. The fourth-order valence-corrected chi connectivity index (χ4v) is 4.60. The van der Waals surface area contributed by atoms with Crippen molar-refractivity contribution in [1.29, 1.82) is 0 Å². The number of halogens is 1. The van der Waals surface area contributed by atoms with E-state index in [0.29, 0.717) is 42.7 Å². The van der Waals surface area contributed by atoms with E-state index in [2.05, 4.69) is 5.32 Å². The number of nitrogens with one attached hydrogen (secondary N) is 1. The van der Waals surface area contributed by atoms with Gasteiger partial charge in [0.15, 0.2) is 0 Å². The van der Waals surface area contributed by atoms with Crippen LogP contribution < -0.4 is 9.62 Å². The Balaban J connectivity index is 1.58. The van der Waals surface area contributed by atoms with Crippen LogP contribution in [0.2, 0.25) is 0 Å². The summed E-state index contributed by atoms with van der Waals surface area (Å²) in [5, 5.41) is 2.88. The van der Waals surface area contributed by atoms with Crippen molar-refractivity contribution >= 4 is 27.3 Å². The second kappa shape index (κ2) is 5.81. The molecule has 0 radical (unpaired) electrons. The molecule has 1 N–H and O–H groups in total. The molecule has 26 heavy (non-hydrogen) atoms. The number of hydrogen-bond acceptors (Lipinski definition) is 3. The van der Waals surface area contributed by atoms with Crippen LogP contribution in [0.5, 0.6) is 0 Å². The van der Waals surface area contributed by atoms with Crippen molar-refractivity contribution in [1.82, 2.24) is 0 Å². The zero-order chi connectivity index (χ0) is 18.5. The number of hydrogen-bond donors (Lipinski definition) is 1. The van der Waals surface area contributed by atoms with E-state index < -0.39 is 15.4 Å². The van der Waals surface area contributed by atoms with Crippen LogP contribution in [0.15, 0.2) is 42.5 Å². The summed E-state index contributed by atoms with van der Waals surface area (Å²) in [7, 11) is -3.30. The molecule has 2 aliphatic rings. The molecule has 1 aliphatic carbocycles. The zero-order valence-electron chi connectivity index (χ0n) is 14.3. The minimum absolute atomic E-state index is 0.222. The Hall–Kier alpha value is -2.41. The third-order valence-corrected chi connectivity index (χ3v) is 6.34. The number of amides is 1. The largest absolute Gasteiger partial charge is 0.325 e. The molecule has 2 aromatic carbocycles. The molecule has 136 valence electrons. The number of anilines is 2. The third kappa shape index (κ3) is 2.76. The first kappa shape index (κ1) is 17.0. The monoisotopic (exact) mass is 374 g/mol. The molecule has 1 aliphatic heterocycles. The van der Waals surface area contributed by atoms with Crippen LogP contribution in [-0.4, -0.2) is 27.1 Å². The van der Waals surface area contributed by atoms with E-state index in [-0.39, 0.29) is 11.7 Å². The van der Waals surface area contributed by atoms with Gasteiger partial charge in [0.2, 0.25) is 15.9 Å². The van der Waals surface area contributed by atoms with Gasteiger partial charge in [0.25, 0.3) is 0 Å². The molecule has 5 nitrogen and oxygen atoms in total. The minimum Gasteiger partial charge on any atom is -0.325 e. The first-order valence-corrected chi connectivity index (χ1v) is 10.3. The van der Waals surface area contributed by atoms with Crippen molar-refractivity contribution in [3.63, 3.8) is 0 Å². The number of carbonyl (C=O) groups is 1. The third-order valence-electron chi connectivity index (χ3n) is 5.16. The molecule has 1 heterocycles. The van der Waals surface area contributed by atoms with Crippen molar-refractivity contribution in [2.45, 2.75) is 24.7 Å². The number of benzene rings is 2. The summed E-state index contributed by atoms with van der Waals surface area (Å²) in [6, 6.07) is 11.6. The standard InChI is InChI=1S/C19H19FN2O3S/c1-26(24,25)22-11-8-13-12-14(6-7-17(13)22)21-18(23)19(9-10-19)15-4-2-3-5-16(15)20/h2-7,12H,8-11H2,1H3,(H,21,23). The fraction of sp³-hybridized carbons (Fsp3) is 0.316. The van der Waals surface area contributed by atoms with E-state index in [4.69, 9.17) is 0 Å². The smallest absolute Gasteiger partial charge is 0.235 e. The summed E-state index contributed by atoms with van der Waals surface area (Å²) in [4.78, 5) is 12.8. The predicted molar refractivity (Wildman–Crippen MR) is 98.3 cm³/mol. The molecular weight excluding hydrogens is 355 g/mol. The minimum atomic E-state index is -3.30. The van der Waals surface area contributed by atoms with Crippen LogP contribution in [0, 0.1) is 5.82 Å². The van der Waals surface area contributed by atoms with Gasteiger partial charge in [-0.05, 0) is 49.1 Å². The summed E-state index contributed by atoms with van der Waals surface area (Å²) in [5.74, 6) is -0.585. The highest BCUT2D eigenvalue weighted by Gasteiger charge is 2.52. The molecule has 0 spiro atoms. The topological polar surface area (TPSA) is 66.5 Å². The second-order valence-corrected chi connectivity index (χ2v) is 8.85. The molecule has 4 rings (SSSR count). The van der Waals surface area contributed by atoms with Crippen molar-refractivity contribution in [3.8, 4) is 0 Å². The summed E-state index contributed by atoms with van der Waals surface area (Å²) in [5.41, 5.74) is 1.77. The summed E-state index contributed by atoms with van der Waals surface area (Å²) in [6.07, 6.45) is 3.02. The average molecular weight is 374 g/mol. The number of sulfonamides is 1. The van der Waals surface area contributed by atoms with Gasteiger partial charge in [0.05, 0.1) is 17.4 Å². The average Bonchev–Trinajstić information content (AvgIpc) is 3.27. The van der Waals surface area contributed by atoms with Gasteiger partial charge in [-0.3, -0.25) is 9.10 Å². The Labute approximate surface area is 151 Å². The number of nitrogens with zero attached hydrogens (tertiary/aromatic N) is 1. The first-order chi connectivity index (χ1) is 12.3. The molecule has 1 fully saturated rings. The van der Waals surface area contributed by atoms with Crippen LogP contribution in [0.4, 0.5) is 15.8 Å². The van der Waals surface area contributed by atoms with E-state index in [1.54, 1.807) is 36.4 Å². The quantitative estimate of drug-likeness (QED) is 0.895. The summed E-state index contributed by atoms with van der Waals surface area (Å²) in [6.45, 7) is 0.407. The maximum atomic E-state index is 14.1. The van der Waals surface area contributed by atoms with Crippen LogP contribution in [0.25, 0.3) is 0 Å². The van der Waals surface area contributed by atoms with E-state index in [0.717, 1.165) is 5.56 Å². The van der Waals surface area contributed by atoms with E-state index in [1.807, 2.05) is 0 Å². The Morgan fingerprint density at radius 3 is 2.58 bits per heavy atom. The molecule has 0 unspecified atom stereocenters. The van der Waals surface area contributed by atoms with Gasteiger partial charge >= 0.3 is 0 Å². The maximum absolute atomic E-state index is 14.1. The van der Waals surface area contributed by atoms with Crippen LogP contribution >= 0.6 is 0 Å². The number of fused-ring (bicyclic) bond motifs is 1. The Morgan fingerprint density at radius 1 is 1.19 bits per heavy atom. The number of rotatable bonds is 4. The lowest BCUT2D eigenvalue weighted by atomic mass is 9.94. The number of carbonyl (C=O) groups excluding carboxylic acids is 1. The lowest BCUT2D eigenvalue weighted by Crippen LogP contribution is -2.29. The Bertz CT molecular complexity index is 1000.